The molecule has 0 spiro atoms. The van der Waals surface area contributed by atoms with E-state index in [0.717, 1.165) is 12.8 Å². The molecule has 0 atom stereocenters. The Kier molecular flexibility index (Phi) is 2.55. The number of hydrogen-bond donors (Lipinski definition) is 1. The zero-order valence-corrected chi connectivity index (χ0v) is 8.92. The average molecular weight is 209 g/mol. The third-order valence-corrected chi connectivity index (χ3v) is 2.99. The Labute approximate surface area is 89.2 Å². The van der Waals surface area contributed by atoms with Gasteiger partial charge in [0.25, 0.3) is 0 Å². The zero-order chi connectivity index (χ0) is 10.9. The minimum Gasteiger partial charge on any atom is -0.485 e. The highest BCUT2D eigenvalue weighted by atomic mass is 19.1. The average Bonchev–Trinajstić information content (AvgIpc) is 2.59. The number of benzene rings is 1. The SMILES string of the molecule is CC1(Oc2cc(F)ccc2N)CCCC1. The molecular formula is C12H16FNO. The molecule has 2 N–H and O–H groups in total. The summed E-state index contributed by atoms with van der Waals surface area (Å²) < 4.78 is 18.8. The maximum Gasteiger partial charge on any atom is 0.145 e. The van der Waals surface area contributed by atoms with Crippen LogP contribution in [0.4, 0.5) is 10.1 Å². The predicted octanol–water partition coefficient (Wildman–Crippen LogP) is 3.12. The van der Waals surface area contributed by atoms with E-state index in [9.17, 15) is 4.39 Å². The molecule has 15 heavy (non-hydrogen) atoms. The predicted molar refractivity (Wildman–Crippen MR) is 58.3 cm³/mol. The smallest absolute Gasteiger partial charge is 0.145 e. The van der Waals surface area contributed by atoms with Gasteiger partial charge < -0.3 is 10.5 Å². The molecule has 1 aliphatic carbocycles. The first-order valence-corrected chi connectivity index (χ1v) is 5.33. The van der Waals surface area contributed by atoms with Gasteiger partial charge in [-0.1, -0.05) is 0 Å². The maximum absolute atomic E-state index is 13.0. The largest absolute Gasteiger partial charge is 0.485 e. The molecule has 0 heterocycles. The van der Waals surface area contributed by atoms with E-state index in [1.165, 1.54) is 25.0 Å². The second kappa shape index (κ2) is 3.72. The molecule has 0 bridgehead atoms. The lowest BCUT2D eigenvalue weighted by molar-refractivity contribution is 0.0974. The molecule has 0 aromatic heterocycles. The molecule has 1 saturated carbocycles. The van der Waals surface area contributed by atoms with Crippen molar-refractivity contribution in [2.45, 2.75) is 38.2 Å². The van der Waals surface area contributed by atoms with Gasteiger partial charge >= 0.3 is 0 Å². The summed E-state index contributed by atoms with van der Waals surface area (Å²) in [4.78, 5) is 0. The summed E-state index contributed by atoms with van der Waals surface area (Å²) >= 11 is 0. The number of rotatable bonds is 2. The van der Waals surface area contributed by atoms with Gasteiger partial charge in [0.1, 0.15) is 17.2 Å². The summed E-state index contributed by atoms with van der Waals surface area (Å²) in [7, 11) is 0. The van der Waals surface area contributed by atoms with Crippen molar-refractivity contribution in [3.8, 4) is 5.75 Å². The molecule has 0 unspecified atom stereocenters. The second-order valence-electron chi connectivity index (χ2n) is 4.44. The Balaban J connectivity index is 2.19. The van der Waals surface area contributed by atoms with Crippen LogP contribution in [0.15, 0.2) is 18.2 Å². The van der Waals surface area contributed by atoms with Gasteiger partial charge in [0.15, 0.2) is 0 Å². The van der Waals surface area contributed by atoms with Gasteiger partial charge in [-0.05, 0) is 44.7 Å². The summed E-state index contributed by atoms with van der Waals surface area (Å²) in [5.41, 5.74) is 6.07. The van der Waals surface area contributed by atoms with E-state index in [4.69, 9.17) is 10.5 Å². The van der Waals surface area contributed by atoms with Crippen molar-refractivity contribution >= 4 is 5.69 Å². The number of anilines is 1. The number of hydrogen-bond acceptors (Lipinski definition) is 2. The lowest BCUT2D eigenvalue weighted by Gasteiger charge is -2.26. The van der Waals surface area contributed by atoms with E-state index < -0.39 is 0 Å². The van der Waals surface area contributed by atoms with Gasteiger partial charge in [-0.2, -0.15) is 0 Å². The lowest BCUT2D eigenvalue weighted by atomic mass is 10.1. The minimum absolute atomic E-state index is 0.165. The van der Waals surface area contributed by atoms with E-state index in [-0.39, 0.29) is 11.4 Å². The summed E-state index contributed by atoms with van der Waals surface area (Å²) in [5, 5.41) is 0. The van der Waals surface area contributed by atoms with Crippen LogP contribution in [0.2, 0.25) is 0 Å². The van der Waals surface area contributed by atoms with Crippen LogP contribution < -0.4 is 10.5 Å². The van der Waals surface area contributed by atoms with Crippen molar-refractivity contribution in [1.29, 1.82) is 0 Å². The van der Waals surface area contributed by atoms with Gasteiger partial charge in [0.05, 0.1) is 5.69 Å². The van der Waals surface area contributed by atoms with Crippen LogP contribution in [-0.4, -0.2) is 5.60 Å². The quantitative estimate of drug-likeness (QED) is 0.759. The van der Waals surface area contributed by atoms with Crippen LogP contribution in [0.3, 0.4) is 0 Å². The topological polar surface area (TPSA) is 35.2 Å². The molecule has 0 radical (unpaired) electrons. The van der Waals surface area contributed by atoms with Crippen molar-refractivity contribution in [1.82, 2.24) is 0 Å². The Bertz CT molecular complexity index is 359. The number of ether oxygens (including phenoxy) is 1. The molecule has 1 aromatic rings. The zero-order valence-electron chi connectivity index (χ0n) is 8.92. The van der Waals surface area contributed by atoms with Crippen LogP contribution in [0.1, 0.15) is 32.6 Å². The Morgan fingerprint density at radius 2 is 2.00 bits per heavy atom. The maximum atomic E-state index is 13.0. The van der Waals surface area contributed by atoms with Crippen LogP contribution in [-0.2, 0) is 0 Å². The number of halogens is 1. The molecule has 1 aliphatic rings. The minimum atomic E-state index is -0.305. The lowest BCUT2D eigenvalue weighted by Crippen LogP contribution is -2.28. The third kappa shape index (κ3) is 2.22. The second-order valence-corrected chi connectivity index (χ2v) is 4.44. The molecule has 2 rings (SSSR count). The molecule has 1 aromatic carbocycles. The number of nitrogens with two attached hydrogens (primary N) is 1. The molecule has 0 amide bonds. The standard InChI is InChI=1S/C12H16FNO/c1-12(6-2-3-7-12)15-11-8-9(13)4-5-10(11)14/h4-5,8H,2-3,6-7,14H2,1H3. The molecule has 82 valence electrons. The van der Waals surface area contributed by atoms with Gasteiger partial charge in [0, 0.05) is 6.07 Å². The van der Waals surface area contributed by atoms with E-state index >= 15 is 0 Å². The van der Waals surface area contributed by atoms with Crippen molar-refractivity contribution in [2.75, 3.05) is 5.73 Å². The Morgan fingerprint density at radius 1 is 1.33 bits per heavy atom. The molecule has 2 nitrogen and oxygen atoms in total. The Hall–Kier alpha value is -1.25. The first kappa shape index (κ1) is 10.3. The molecule has 0 aliphatic heterocycles. The van der Waals surface area contributed by atoms with Crippen LogP contribution >= 0.6 is 0 Å². The number of nitrogen functional groups attached to an aromatic ring is 1. The van der Waals surface area contributed by atoms with Gasteiger partial charge in [-0.25, -0.2) is 4.39 Å². The summed E-state index contributed by atoms with van der Waals surface area (Å²) in [6.07, 6.45) is 4.38. The molecular weight excluding hydrogens is 193 g/mol. The normalized spacial score (nSPS) is 19.1. The third-order valence-electron chi connectivity index (χ3n) is 2.99. The monoisotopic (exact) mass is 209 g/mol. The van der Waals surface area contributed by atoms with Crippen molar-refractivity contribution < 1.29 is 9.13 Å². The fourth-order valence-electron chi connectivity index (χ4n) is 2.09. The van der Waals surface area contributed by atoms with Gasteiger partial charge in [-0.15, -0.1) is 0 Å². The molecule has 0 saturated heterocycles. The molecule has 1 fully saturated rings. The summed E-state index contributed by atoms with van der Waals surface area (Å²) in [6.45, 7) is 2.06. The highest BCUT2D eigenvalue weighted by molar-refractivity contribution is 5.52. The van der Waals surface area contributed by atoms with E-state index in [2.05, 4.69) is 6.92 Å². The first-order chi connectivity index (χ1) is 7.09. The fourth-order valence-corrected chi connectivity index (χ4v) is 2.09. The van der Waals surface area contributed by atoms with Crippen molar-refractivity contribution in [3.63, 3.8) is 0 Å². The van der Waals surface area contributed by atoms with Crippen LogP contribution in [0.25, 0.3) is 0 Å². The fraction of sp³-hybridized carbons (Fsp3) is 0.500. The van der Waals surface area contributed by atoms with E-state index in [1.807, 2.05) is 0 Å². The van der Waals surface area contributed by atoms with Crippen LogP contribution in [0.5, 0.6) is 5.75 Å². The Morgan fingerprint density at radius 3 is 2.67 bits per heavy atom. The van der Waals surface area contributed by atoms with Gasteiger partial charge in [-0.3, -0.25) is 0 Å². The van der Waals surface area contributed by atoms with Gasteiger partial charge in [0.2, 0.25) is 0 Å². The van der Waals surface area contributed by atoms with E-state index in [1.54, 1.807) is 6.07 Å². The highest BCUT2D eigenvalue weighted by Crippen LogP contribution is 2.36. The summed E-state index contributed by atoms with van der Waals surface area (Å²) in [5.74, 6) is 0.167. The van der Waals surface area contributed by atoms with E-state index in [0.29, 0.717) is 11.4 Å². The summed E-state index contributed by atoms with van der Waals surface area (Å²) in [6, 6.07) is 4.25. The van der Waals surface area contributed by atoms with Crippen LogP contribution in [0, 0.1) is 5.82 Å². The molecule has 3 heteroatoms. The first-order valence-electron chi connectivity index (χ1n) is 5.33. The van der Waals surface area contributed by atoms with Crippen molar-refractivity contribution in [2.24, 2.45) is 0 Å². The van der Waals surface area contributed by atoms with Crippen molar-refractivity contribution in [3.05, 3.63) is 24.0 Å². The highest BCUT2D eigenvalue weighted by Gasteiger charge is 2.31.